The van der Waals surface area contributed by atoms with E-state index in [1.807, 2.05) is 0 Å². The molecule has 1 aliphatic rings. The fraction of sp³-hybridized carbons (Fsp3) is 0.958. The summed E-state index contributed by atoms with van der Waals surface area (Å²) in [4.78, 5) is 12.5. The SMILES string of the molecule is CCCCCCCC(CCCCC(CCC)C(=O)NCCCC)C1CCSS1. The number of carbonyl (C=O) groups excluding carboxylic acids is 1. The van der Waals surface area contributed by atoms with Crippen LogP contribution in [0, 0.1) is 11.8 Å². The lowest BCUT2D eigenvalue weighted by Gasteiger charge is -2.23. The quantitative estimate of drug-likeness (QED) is 0.177. The van der Waals surface area contributed by atoms with Crippen LogP contribution in [0.25, 0.3) is 0 Å². The average molecular weight is 430 g/mol. The van der Waals surface area contributed by atoms with Crippen molar-refractivity contribution in [2.75, 3.05) is 12.3 Å². The van der Waals surface area contributed by atoms with E-state index < -0.39 is 0 Å². The molecule has 0 aromatic carbocycles. The molecule has 1 N–H and O–H groups in total. The highest BCUT2D eigenvalue weighted by Crippen LogP contribution is 2.44. The zero-order chi connectivity index (χ0) is 20.5. The summed E-state index contributed by atoms with van der Waals surface area (Å²) >= 11 is 0. The minimum Gasteiger partial charge on any atom is -0.356 e. The lowest BCUT2D eigenvalue weighted by atomic mass is 9.88. The van der Waals surface area contributed by atoms with Crippen molar-refractivity contribution >= 4 is 27.5 Å². The number of amides is 1. The molecule has 0 spiro atoms. The number of carbonyl (C=O) groups is 1. The van der Waals surface area contributed by atoms with Crippen LogP contribution in [0.15, 0.2) is 0 Å². The second-order valence-corrected chi connectivity index (χ2v) is 11.3. The highest BCUT2D eigenvalue weighted by Gasteiger charge is 2.26. The van der Waals surface area contributed by atoms with Crippen LogP contribution in [-0.2, 0) is 4.79 Å². The van der Waals surface area contributed by atoms with Crippen molar-refractivity contribution in [1.29, 1.82) is 0 Å². The molecular formula is C24H47NOS2. The van der Waals surface area contributed by atoms with Crippen LogP contribution in [0.5, 0.6) is 0 Å². The molecule has 1 heterocycles. The molecule has 0 aromatic heterocycles. The molecule has 1 fully saturated rings. The van der Waals surface area contributed by atoms with Crippen molar-refractivity contribution in [2.24, 2.45) is 11.8 Å². The van der Waals surface area contributed by atoms with Crippen LogP contribution >= 0.6 is 21.6 Å². The largest absolute Gasteiger partial charge is 0.356 e. The van der Waals surface area contributed by atoms with Crippen LogP contribution in [0.4, 0.5) is 0 Å². The first kappa shape index (κ1) is 26.2. The maximum absolute atomic E-state index is 12.5. The van der Waals surface area contributed by atoms with Gasteiger partial charge in [-0.05, 0) is 44.4 Å². The zero-order valence-electron chi connectivity index (χ0n) is 19.0. The molecule has 0 aromatic rings. The molecule has 0 bridgehead atoms. The molecule has 3 atom stereocenters. The Hall–Kier alpha value is 0.170. The molecular weight excluding hydrogens is 382 g/mol. The van der Waals surface area contributed by atoms with Gasteiger partial charge in [-0.1, -0.05) is 100 Å². The van der Waals surface area contributed by atoms with E-state index in [4.69, 9.17) is 0 Å². The lowest BCUT2D eigenvalue weighted by Crippen LogP contribution is -2.31. The smallest absolute Gasteiger partial charge is 0.223 e. The monoisotopic (exact) mass is 429 g/mol. The summed E-state index contributed by atoms with van der Waals surface area (Å²) in [7, 11) is 4.25. The summed E-state index contributed by atoms with van der Waals surface area (Å²) in [6.45, 7) is 7.53. The standard InChI is InChI=1S/C24H47NOS2/c1-4-7-9-10-11-15-21(23-18-20-27-28-23)16-12-13-17-22(14-6-3)24(26)25-19-8-5-2/h21-23H,4-20H2,1-3H3,(H,25,26). The Bertz CT molecular complexity index is 372. The minimum atomic E-state index is 0.241. The Morgan fingerprint density at radius 3 is 2.18 bits per heavy atom. The van der Waals surface area contributed by atoms with Gasteiger partial charge in [0.2, 0.25) is 5.91 Å². The van der Waals surface area contributed by atoms with E-state index in [1.165, 1.54) is 70.0 Å². The first-order valence-corrected chi connectivity index (χ1v) is 14.7. The van der Waals surface area contributed by atoms with E-state index >= 15 is 0 Å². The third-order valence-corrected chi connectivity index (χ3v) is 9.15. The van der Waals surface area contributed by atoms with Gasteiger partial charge in [0.05, 0.1) is 0 Å². The fourth-order valence-electron chi connectivity index (χ4n) is 4.27. The number of nitrogens with one attached hydrogen (secondary N) is 1. The second kappa shape index (κ2) is 18.0. The topological polar surface area (TPSA) is 29.1 Å². The Morgan fingerprint density at radius 2 is 1.54 bits per heavy atom. The maximum Gasteiger partial charge on any atom is 0.223 e. The zero-order valence-corrected chi connectivity index (χ0v) is 20.6. The molecule has 1 aliphatic heterocycles. The summed E-state index contributed by atoms with van der Waals surface area (Å²) in [6.07, 6.45) is 19.2. The van der Waals surface area contributed by atoms with Gasteiger partial charge in [-0.3, -0.25) is 4.79 Å². The molecule has 3 unspecified atom stereocenters. The summed E-state index contributed by atoms with van der Waals surface area (Å²) in [5, 5.41) is 4.05. The Morgan fingerprint density at radius 1 is 0.857 bits per heavy atom. The Labute approximate surface area is 183 Å². The lowest BCUT2D eigenvalue weighted by molar-refractivity contribution is -0.125. The maximum atomic E-state index is 12.5. The van der Waals surface area contributed by atoms with Crippen molar-refractivity contribution in [1.82, 2.24) is 5.32 Å². The molecule has 1 amide bonds. The highest BCUT2D eigenvalue weighted by atomic mass is 33.1. The van der Waals surface area contributed by atoms with Gasteiger partial charge in [0.25, 0.3) is 0 Å². The van der Waals surface area contributed by atoms with Crippen LogP contribution in [-0.4, -0.2) is 23.5 Å². The van der Waals surface area contributed by atoms with E-state index in [-0.39, 0.29) is 5.92 Å². The molecule has 0 saturated carbocycles. The molecule has 0 aliphatic carbocycles. The number of rotatable bonds is 18. The van der Waals surface area contributed by atoms with Gasteiger partial charge >= 0.3 is 0 Å². The predicted octanol–water partition coefficient (Wildman–Crippen LogP) is 8.01. The van der Waals surface area contributed by atoms with Crippen molar-refractivity contribution in [3.8, 4) is 0 Å². The van der Waals surface area contributed by atoms with Crippen LogP contribution in [0.2, 0.25) is 0 Å². The molecule has 166 valence electrons. The number of unbranched alkanes of at least 4 members (excludes halogenated alkanes) is 6. The Balaban J connectivity index is 2.31. The molecule has 1 saturated heterocycles. The van der Waals surface area contributed by atoms with Crippen molar-refractivity contribution < 1.29 is 4.79 Å². The van der Waals surface area contributed by atoms with Gasteiger partial charge in [-0.15, -0.1) is 0 Å². The van der Waals surface area contributed by atoms with Gasteiger partial charge in [-0.2, -0.15) is 0 Å². The molecule has 1 rings (SSSR count). The first-order chi connectivity index (χ1) is 13.7. The van der Waals surface area contributed by atoms with Crippen LogP contribution in [0.1, 0.15) is 117 Å². The summed E-state index contributed by atoms with van der Waals surface area (Å²) in [5.41, 5.74) is 0. The van der Waals surface area contributed by atoms with Gasteiger partial charge in [-0.25, -0.2) is 0 Å². The third-order valence-electron chi connectivity index (χ3n) is 6.10. The Kier molecular flexibility index (Phi) is 16.8. The van der Waals surface area contributed by atoms with E-state index in [0.717, 1.165) is 49.8 Å². The van der Waals surface area contributed by atoms with Gasteiger partial charge in [0.1, 0.15) is 0 Å². The molecule has 4 heteroatoms. The first-order valence-electron chi connectivity index (χ1n) is 12.3. The van der Waals surface area contributed by atoms with Crippen LogP contribution in [0.3, 0.4) is 0 Å². The van der Waals surface area contributed by atoms with Crippen molar-refractivity contribution in [3.63, 3.8) is 0 Å². The van der Waals surface area contributed by atoms with Gasteiger partial charge in [0.15, 0.2) is 0 Å². The van der Waals surface area contributed by atoms with E-state index in [0.29, 0.717) is 5.91 Å². The van der Waals surface area contributed by atoms with E-state index in [1.54, 1.807) is 0 Å². The van der Waals surface area contributed by atoms with Gasteiger partial charge in [0, 0.05) is 23.5 Å². The number of hydrogen-bond acceptors (Lipinski definition) is 3. The third kappa shape index (κ3) is 12.0. The predicted molar refractivity (Wildman–Crippen MR) is 130 cm³/mol. The summed E-state index contributed by atoms with van der Waals surface area (Å²) in [6, 6.07) is 0. The summed E-state index contributed by atoms with van der Waals surface area (Å²) in [5.74, 6) is 2.80. The second-order valence-electron chi connectivity index (χ2n) is 8.62. The minimum absolute atomic E-state index is 0.241. The average Bonchev–Trinajstić information content (AvgIpc) is 3.23. The van der Waals surface area contributed by atoms with Crippen LogP contribution < -0.4 is 5.32 Å². The summed E-state index contributed by atoms with van der Waals surface area (Å²) < 4.78 is 0. The number of hydrogen-bond donors (Lipinski definition) is 1. The van der Waals surface area contributed by atoms with Crippen molar-refractivity contribution in [3.05, 3.63) is 0 Å². The normalized spacial score (nSPS) is 18.9. The molecule has 28 heavy (non-hydrogen) atoms. The fourth-order valence-corrected chi connectivity index (χ4v) is 7.55. The van der Waals surface area contributed by atoms with E-state index in [2.05, 4.69) is 47.7 Å². The molecule has 0 radical (unpaired) electrons. The van der Waals surface area contributed by atoms with Gasteiger partial charge < -0.3 is 5.32 Å². The van der Waals surface area contributed by atoms with E-state index in [9.17, 15) is 4.79 Å². The van der Waals surface area contributed by atoms with Crippen molar-refractivity contribution in [2.45, 2.75) is 122 Å². The highest BCUT2D eigenvalue weighted by molar-refractivity contribution is 8.77. The molecule has 2 nitrogen and oxygen atoms in total.